The highest BCUT2D eigenvalue weighted by atomic mass is 16.5. The lowest BCUT2D eigenvalue weighted by Gasteiger charge is -2.16. The van der Waals surface area contributed by atoms with Crippen molar-refractivity contribution < 1.29 is 19.4 Å². The molecule has 1 unspecified atom stereocenters. The average molecular weight is 277 g/mol. The molecule has 1 aromatic rings. The van der Waals surface area contributed by atoms with E-state index in [0.717, 1.165) is 12.5 Å². The molecule has 1 rings (SSSR count). The van der Waals surface area contributed by atoms with Crippen LogP contribution in [-0.2, 0) is 9.53 Å². The minimum absolute atomic E-state index is 0.0364. The van der Waals surface area contributed by atoms with Crippen LogP contribution < -0.4 is 5.32 Å². The third kappa shape index (κ3) is 5.24. The van der Waals surface area contributed by atoms with Crippen molar-refractivity contribution in [3.63, 3.8) is 0 Å². The van der Waals surface area contributed by atoms with Gasteiger partial charge in [-0.05, 0) is 30.2 Å². The van der Waals surface area contributed by atoms with E-state index in [1.807, 2.05) is 6.92 Å². The summed E-state index contributed by atoms with van der Waals surface area (Å²) >= 11 is 0. The fourth-order valence-electron chi connectivity index (χ4n) is 1.68. The first-order valence-electron chi connectivity index (χ1n) is 6.37. The number of nitrogens with one attached hydrogen (secondary N) is 1. The van der Waals surface area contributed by atoms with Gasteiger partial charge in [0.1, 0.15) is 0 Å². The quantitative estimate of drug-likeness (QED) is 0.747. The molecule has 0 radical (unpaired) electrons. The van der Waals surface area contributed by atoms with Crippen molar-refractivity contribution in [2.45, 2.75) is 19.4 Å². The molecule has 0 spiro atoms. The van der Waals surface area contributed by atoms with Gasteiger partial charge in [-0.3, -0.25) is 4.79 Å². The highest BCUT2D eigenvalue weighted by molar-refractivity contribution is 5.95. The van der Waals surface area contributed by atoms with Gasteiger partial charge in [-0.1, -0.05) is 19.1 Å². The van der Waals surface area contributed by atoms with Crippen LogP contribution in [0, 0.1) is 0 Å². The predicted molar refractivity (Wildman–Crippen MR) is 76.5 cm³/mol. The van der Waals surface area contributed by atoms with Gasteiger partial charge in [0.05, 0.1) is 12.6 Å². The first-order chi connectivity index (χ1) is 9.56. The first kappa shape index (κ1) is 15.9. The lowest BCUT2D eigenvalue weighted by molar-refractivity contribution is -0.131. The van der Waals surface area contributed by atoms with Gasteiger partial charge >= 0.3 is 5.97 Å². The summed E-state index contributed by atoms with van der Waals surface area (Å²) in [6.45, 7) is 2.43. The summed E-state index contributed by atoms with van der Waals surface area (Å²) in [5.41, 5.74) is 1.16. The fraction of sp³-hybridized carbons (Fsp3) is 0.333. The molecule has 0 aliphatic rings. The van der Waals surface area contributed by atoms with E-state index in [-0.39, 0.29) is 11.9 Å². The molecule has 108 valence electrons. The van der Waals surface area contributed by atoms with Gasteiger partial charge in [-0.25, -0.2) is 4.79 Å². The van der Waals surface area contributed by atoms with Crippen molar-refractivity contribution in [1.29, 1.82) is 0 Å². The maximum absolute atomic E-state index is 12.1. The Morgan fingerprint density at radius 1 is 1.45 bits per heavy atom. The van der Waals surface area contributed by atoms with E-state index in [4.69, 9.17) is 9.84 Å². The van der Waals surface area contributed by atoms with Crippen molar-refractivity contribution >= 4 is 18.0 Å². The molecule has 20 heavy (non-hydrogen) atoms. The molecular formula is C15H19NO4. The number of hydrogen-bond donors (Lipinski definition) is 2. The van der Waals surface area contributed by atoms with Crippen LogP contribution in [0.15, 0.2) is 30.3 Å². The molecule has 0 aliphatic heterocycles. The zero-order chi connectivity index (χ0) is 15.0. The molecule has 0 heterocycles. The third-order valence-electron chi connectivity index (χ3n) is 2.76. The minimum Gasteiger partial charge on any atom is -0.478 e. The Labute approximate surface area is 118 Å². The second-order valence-electron chi connectivity index (χ2n) is 4.33. The van der Waals surface area contributed by atoms with Crippen molar-refractivity contribution in [3.05, 3.63) is 41.5 Å². The smallest absolute Gasteiger partial charge is 0.328 e. The number of benzene rings is 1. The Bertz CT molecular complexity index is 496. The summed E-state index contributed by atoms with van der Waals surface area (Å²) in [6.07, 6.45) is 3.26. The number of ether oxygens (including phenoxy) is 1. The van der Waals surface area contributed by atoms with Gasteiger partial charge in [-0.2, -0.15) is 0 Å². The number of rotatable bonds is 7. The highest BCUT2D eigenvalue weighted by Crippen LogP contribution is 2.08. The van der Waals surface area contributed by atoms with Gasteiger partial charge in [0, 0.05) is 18.7 Å². The molecule has 0 fully saturated rings. The highest BCUT2D eigenvalue weighted by Gasteiger charge is 2.11. The fourth-order valence-corrected chi connectivity index (χ4v) is 1.68. The molecule has 0 saturated heterocycles. The maximum Gasteiger partial charge on any atom is 0.328 e. The summed E-state index contributed by atoms with van der Waals surface area (Å²) in [4.78, 5) is 22.5. The summed E-state index contributed by atoms with van der Waals surface area (Å²) in [6, 6.07) is 6.75. The standard InChI is InChI=1S/C15H19NO4/c1-3-13(10-20-2)16-15(19)12-6-4-5-11(9-12)7-8-14(17)18/h4-9,13H,3,10H2,1-2H3,(H,16,19)(H,17,18). The van der Waals surface area contributed by atoms with Crippen molar-refractivity contribution in [2.24, 2.45) is 0 Å². The van der Waals surface area contributed by atoms with E-state index >= 15 is 0 Å². The second kappa shape index (κ2) is 8.12. The van der Waals surface area contributed by atoms with Crippen LogP contribution in [0.3, 0.4) is 0 Å². The Morgan fingerprint density at radius 2 is 2.20 bits per heavy atom. The molecule has 5 nitrogen and oxygen atoms in total. The van der Waals surface area contributed by atoms with E-state index in [2.05, 4.69) is 5.32 Å². The lowest BCUT2D eigenvalue weighted by Crippen LogP contribution is -2.37. The summed E-state index contributed by atoms with van der Waals surface area (Å²) < 4.78 is 5.03. The van der Waals surface area contributed by atoms with Crippen molar-refractivity contribution in [2.75, 3.05) is 13.7 Å². The molecule has 2 N–H and O–H groups in total. The summed E-state index contributed by atoms with van der Waals surface area (Å²) in [7, 11) is 1.59. The molecule has 1 aromatic carbocycles. The van der Waals surface area contributed by atoms with E-state index in [1.54, 1.807) is 31.4 Å². The molecule has 0 aliphatic carbocycles. The number of amides is 1. The van der Waals surface area contributed by atoms with Crippen LogP contribution in [0.2, 0.25) is 0 Å². The average Bonchev–Trinajstić information content (AvgIpc) is 2.44. The zero-order valence-electron chi connectivity index (χ0n) is 11.6. The second-order valence-corrected chi connectivity index (χ2v) is 4.33. The van der Waals surface area contributed by atoms with Crippen LogP contribution in [0.1, 0.15) is 29.3 Å². The number of aliphatic carboxylic acids is 1. The van der Waals surface area contributed by atoms with E-state index in [1.165, 1.54) is 6.08 Å². The number of carboxylic acids is 1. The largest absolute Gasteiger partial charge is 0.478 e. The molecule has 0 saturated carbocycles. The van der Waals surface area contributed by atoms with Gasteiger partial charge in [0.25, 0.3) is 5.91 Å². The van der Waals surface area contributed by atoms with Crippen LogP contribution >= 0.6 is 0 Å². The maximum atomic E-state index is 12.1. The van der Waals surface area contributed by atoms with E-state index in [0.29, 0.717) is 17.7 Å². The molecule has 0 aromatic heterocycles. The van der Waals surface area contributed by atoms with Crippen LogP contribution in [-0.4, -0.2) is 36.7 Å². The summed E-state index contributed by atoms with van der Waals surface area (Å²) in [5, 5.41) is 11.5. The molecular weight excluding hydrogens is 258 g/mol. The van der Waals surface area contributed by atoms with Crippen molar-refractivity contribution in [1.82, 2.24) is 5.32 Å². The molecule has 1 amide bonds. The normalized spacial score (nSPS) is 12.3. The topological polar surface area (TPSA) is 75.6 Å². The van der Waals surface area contributed by atoms with E-state index < -0.39 is 5.97 Å². The van der Waals surface area contributed by atoms with E-state index in [9.17, 15) is 9.59 Å². The number of carbonyl (C=O) groups is 2. The predicted octanol–water partition coefficient (Wildman–Crippen LogP) is 1.94. The van der Waals surface area contributed by atoms with Crippen molar-refractivity contribution in [3.8, 4) is 0 Å². The Morgan fingerprint density at radius 3 is 2.80 bits per heavy atom. The Hall–Kier alpha value is -2.14. The monoisotopic (exact) mass is 277 g/mol. The number of methoxy groups -OCH3 is 1. The first-order valence-corrected chi connectivity index (χ1v) is 6.37. The minimum atomic E-state index is -1.02. The van der Waals surface area contributed by atoms with Gasteiger partial charge in [0.2, 0.25) is 0 Å². The van der Waals surface area contributed by atoms with Crippen LogP contribution in [0.4, 0.5) is 0 Å². The zero-order valence-corrected chi connectivity index (χ0v) is 11.6. The number of hydrogen-bond acceptors (Lipinski definition) is 3. The number of carbonyl (C=O) groups excluding carboxylic acids is 1. The third-order valence-corrected chi connectivity index (χ3v) is 2.76. The van der Waals surface area contributed by atoms with Crippen LogP contribution in [0.25, 0.3) is 6.08 Å². The Balaban J connectivity index is 2.78. The number of carboxylic acid groups (broad SMARTS) is 1. The SMILES string of the molecule is CCC(COC)NC(=O)c1cccc(C=CC(=O)O)c1. The molecule has 5 heteroatoms. The van der Waals surface area contributed by atoms with Gasteiger partial charge in [-0.15, -0.1) is 0 Å². The van der Waals surface area contributed by atoms with Crippen LogP contribution in [0.5, 0.6) is 0 Å². The van der Waals surface area contributed by atoms with Gasteiger partial charge < -0.3 is 15.2 Å². The summed E-state index contributed by atoms with van der Waals surface area (Å²) in [5.74, 6) is -1.22. The Kier molecular flexibility index (Phi) is 6.46. The lowest BCUT2D eigenvalue weighted by atomic mass is 10.1. The molecule has 1 atom stereocenters. The molecule has 0 bridgehead atoms. The van der Waals surface area contributed by atoms with Gasteiger partial charge in [0.15, 0.2) is 0 Å².